The van der Waals surface area contributed by atoms with Gasteiger partial charge in [-0.2, -0.15) is 0 Å². The van der Waals surface area contributed by atoms with Gasteiger partial charge in [-0.15, -0.1) is 0 Å². The summed E-state index contributed by atoms with van der Waals surface area (Å²) in [7, 11) is 0. The molecule has 1 aliphatic heterocycles. The Kier molecular flexibility index (Phi) is 7.97. The first-order chi connectivity index (χ1) is 26.8. The molecule has 54 heavy (non-hydrogen) atoms. The van der Waals surface area contributed by atoms with Gasteiger partial charge < -0.3 is 0 Å². The van der Waals surface area contributed by atoms with E-state index in [1.54, 1.807) is 11.8 Å². The van der Waals surface area contributed by atoms with Crippen molar-refractivity contribution >= 4 is 22.7 Å². The minimum Gasteiger partial charge on any atom is -0.256 e. The maximum atomic E-state index is 5.38. The number of thioether (sulfide) groups is 1. The summed E-state index contributed by atoms with van der Waals surface area (Å²) in [5.74, 6) is 0.690. The normalized spacial score (nSPS) is 17.3. The first kappa shape index (κ1) is 32.1. The fourth-order valence-electron chi connectivity index (χ4n) is 8.20. The van der Waals surface area contributed by atoms with E-state index in [1.807, 2.05) is 24.4 Å². The molecule has 3 heterocycles. The second kappa shape index (κ2) is 13.4. The van der Waals surface area contributed by atoms with E-state index in [0.29, 0.717) is 5.82 Å². The number of hydrogen-bond donors (Lipinski definition) is 0. The molecule has 2 aliphatic rings. The summed E-state index contributed by atoms with van der Waals surface area (Å²) >= 11 is 1.76. The Morgan fingerprint density at radius 2 is 1.06 bits per heavy atom. The fraction of sp³-hybridized carbons (Fsp3) is 0.0200. The highest BCUT2D eigenvalue weighted by atomic mass is 32.2. The molecule has 0 bridgehead atoms. The van der Waals surface area contributed by atoms with E-state index < -0.39 is 5.41 Å². The summed E-state index contributed by atoms with van der Waals surface area (Å²) in [5, 5.41) is 3.28. The zero-order chi connectivity index (χ0) is 35.9. The van der Waals surface area contributed by atoms with Gasteiger partial charge in [0.1, 0.15) is 0 Å². The zero-order valence-corrected chi connectivity index (χ0v) is 30.1. The zero-order valence-electron chi connectivity index (χ0n) is 29.3. The average Bonchev–Trinajstić information content (AvgIpc) is 3.54. The number of aromatic nitrogens is 3. The maximum absolute atomic E-state index is 5.38. The molecule has 0 amide bonds. The van der Waals surface area contributed by atoms with E-state index in [4.69, 9.17) is 15.0 Å². The lowest BCUT2D eigenvalue weighted by atomic mass is 9.71. The van der Waals surface area contributed by atoms with Crippen LogP contribution in [-0.4, -0.2) is 15.0 Å². The van der Waals surface area contributed by atoms with Crippen molar-refractivity contribution in [1.82, 2.24) is 15.0 Å². The van der Waals surface area contributed by atoms with Gasteiger partial charge in [0.25, 0.3) is 0 Å². The molecule has 0 radical (unpaired) electrons. The topological polar surface area (TPSA) is 38.7 Å². The third-order valence-corrected chi connectivity index (χ3v) is 11.4. The summed E-state index contributed by atoms with van der Waals surface area (Å²) in [5.41, 5.74) is 13.4. The van der Waals surface area contributed by atoms with E-state index in [0.717, 1.165) is 55.7 Å². The molecular formula is C50H33N3S. The van der Waals surface area contributed by atoms with E-state index in [-0.39, 0.29) is 0 Å². The summed E-state index contributed by atoms with van der Waals surface area (Å²) in [6.07, 6.45) is 12.8. The Hall–Kier alpha value is -6.62. The van der Waals surface area contributed by atoms with Crippen LogP contribution in [0, 0.1) is 0 Å². The van der Waals surface area contributed by atoms with Crippen molar-refractivity contribution in [2.45, 2.75) is 10.3 Å². The van der Waals surface area contributed by atoms with Gasteiger partial charge in [-0.25, -0.2) is 9.97 Å². The number of nitrogens with zero attached hydrogens (tertiary/aromatic N) is 3. The molecule has 1 aliphatic carbocycles. The first-order valence-corrected chi connectivity index (χ1v) is 19.1. The monoisotopic (exact) mass is 707 g/mol. The molecule has 4 heteroatoms. The van der Waals surface area contributed by atoms with Crippen molar-refractivity contribution in [1.29, 1.82) is 0 Å². The van der Waals surface area contributed by atoms with Gasteiger partial charge in [0.05, 0.1) is 22.3 Å². The maximum Gasteiger partial charge on any atom is 0.161 e. The van der Waals surface area contributed by atoms with Crippen molar-refractivity contribution < 1.29 is 0 Å². The molecule has 1 unspecified atom stereocenters. The van der Waals surface area contributed by atoms with Crippen LogP contribution in [-0.2, 0) is 5.41 Å². The van der Waals surface area contributed by atoms with Crippen molar-refractivity contribution in [3.8, 4) is 56.2 Å². The van der Waals surface area contributed by atoms with Crippen LogP contribution in [0.1, 0.15) is 16.7 Å². The molecule has 10 rings (SSSR count). The minimum absolute atomic E-state index is 0.604. The average molecular weight is 708 g/mol. The second-order valence-corrected chi connectivity index (χ2v) is 14.5. The fourth-order valence-corrected chi connectivity index (χ4v) is 9.03. The number of pyridine rings is 1. The highest BCUT2D eigenvalue weighted by Crippen LogP contribution is 2.60. The Bertz CT molecular complexity index is 2740. The van der Waals surface area contributed by atoms with Crippen LogP contribution in [0.5, 0.6) is 0 Å². The molecule has 1 spiro atoms. The quantitative estimate of drug-likeness (QED) is 0.183. The van der Waals surface area contributed by atoms with Crippen LogP contribution in [0.3, 0.4) is 0 Å². The lowest BCUT2D eigenvalue weighted by Gasteiger charge is -2.32. The van der Waals surface area contributed by atoms with Crippen LogP contribution < -0.4 is 0 Å². The molecule has 3 nitrogen and oxygen atoms in total. The number of fused-ring (bicyclic) bond motifs is 8. The van der Waals surface area contributed by atoms with Gasteiger partial charge in [0.2, 0.25) is 0 Å². The molecule has 0 saturated heterocycles. The highest BCUT2D eigenvalue weighted by molar-refractivity contribution is 8.02. The van der Waals surface area contributed by atoms with E-state index in [9.17, 15) is 0 Å². The van der Waals surface area contributed by atoms with Crippen molar-refractivity contribution in [2.75, 3.05) is 0 Å². The largest absolute Gasteiger partial charge is 0.256 e. The van der Waals surface area contributed by atoms with E-state index in [2.05, 4.69) is 175 Å². The number of benzene rings is 6. The van der Waals surface area contributed by atoms with Gasteiger partial charge in [-0.05, 0) is 57.0 Å². The smallest absolute Gasteiger partial charge is 0.161 e. The molecular weight excluding hydrogens is 675 g/mol. The Labute approximate surface area is 319 Å². The molecule has 2 aromatic heterocycles. The molecule has 6 aromatic carbocycles. The van der Waals surface area contributed by atoms with Crippen LogP contribution in [0.15, 0.2) is 205 Å². The van der Waals surface area contributed by atoms with Crippen molar-refractivity contribution in [3.63, 3.8) is 0 Å². The number of hydrogen-bond acceptors (Lipinski definition) is 4. The highest BCUT2D eigenvalue weighted by Gasteiger charge is 2.46. The standard InChI is InChI=1S/C50H33N3S/c1-2-12-32-54-45-29-10-9-26-40(45)50(30-11-1)41-27-14-23-37(38-24-13-21-36-22-16-31-51-48(36)38)46(41)47-39(25-15-28-42(47)50)49-52-43(34-17-5-3-6-18-34)33-44(53-49)35-19-7-4-8-20-35/h1-33H/b2-1-,30-11+,32-12+. The van der Waals surface area contributed by atoms with Crippen LogP contribution >= 0.6 is 11.8 Å². The first-order valence-electron chi connectivity index (χ1n) is 18.2. The van der Waals surface area contributed by atoms with Gasteiger partial charge in [-0.3, -0.25) is 4.98 Å². The summed E-state index contributed by atoms with van der Waals surface area (Å²) in [6.45, 7) is 0. The Morgan fingerprint density at radius 3 is 1.81 bits per heavy atom. The Balaban J connectivity index is 1.34. The molecule has 254 valence electrons. The molecule has 1 atom stereocenters. The summed E-state index contributed by atoms with van der Waals surface area (Å²) in [4.78, 5) is 16.9. The number of para-hydroxylation sites is 1. The molecule has 0 N–H and O–H groups in total. The van der Waals surface area contributed by atoms with Gasteiger partial charge in [-0.1, -0.05) is 182 Å². The number of allylic oxidation sites excluding steroid dienone is 5. The molecule has 0 saturated carbocycles. The van der Waals surface area contributed by atoms with Crippen LogP contribution in [0.4, 0.5) is 0 Å². The van der Waals surface area contributed by atoms with Gasteiger partial charge >= 0.3 is 0 Å². The van der Waals surface area contributed by atoms with Crippen molar-refractivity contribution in [2.24, 2.45) is 0 Å². The third kappa shape index (κ3) is 5.26. The van der Waals surface area contributed by atoms with E-state index in [1.165, 1.54) is 27.1 Å². The number of rotatable bonds is 4. The Morgan fingerprint density at radius 1 is 0.463 bits per heavy atom. The predicted molar refractivity (Wildman–Crippen MR) is 224 cm³/mol. The third-order valence-electron chi connectivity index (χ3n) is 10.5. The SMILES string of the molecule is C1=C\C=C\C2(c3ccccc3S/C=C/1)c1cccc(-c3nc(-c4ccccc4)cc(-c4ccccc4)n3)c1-c1c(-c3cccc4cccnc34)cccc12. The molecule has 8 aromatic rings. The van der Waals surface area contributed by atoms with Gasteiger partial charge in [0, 0.05) is 38.7 Å². The lowest BCUT2D eigenvalue weighted by Crippen LogP contribution is -2.25. The minimum atomic E-state index is -0.604. The predicted octanol–water partition coefficient (Wildman–Crippen LogP) is 12.7. The van der Waals surface area contributed by atoms with Gasteiger partial charge in [0.15, 0.2) is 5.82 Å². The lowest BCUT2D eigenvalue weighted by molar-refractivity contribution is 0.783. The van der Waals surface area contributed by atoms with E-state index >= 15 is 0 Å². The van der Waals surface area contributed by atoms with Crippen LogP contribution in [0.2, 0.25) is 0 Å². The summed E-state index contributed by atoms with van der Waals surface area (Å²) < 4.78 is 0. The van der Waals surface area contributed by atoms with Crippen molar-refractivity contribution in [3.05, 3.63) is 216 Å². The summed E-state index contributed by atoms with van der Waals surface area (Å²) in [6, 6.07) is 55.9. The molecule has 0 fully saturated rings. The second-order valence-electron chi connectivity index (χ2n) is 13.5. The van der Waals surface area contributed by atoms with Crippen LogP contribution in [0.25, 0.3) is 67.1 Å².